The molecule has 161 valence electrons. The van der Waals surface area contributed by atoms with Gasteiger partial charge in [0.15, 0.2) is 0 Å². The zero-order valence-electron chi connectivity index (χ0n) is 17.8. The number of benzene rings is 4. The molecule has 0 unspecified atom stereocenters. The quantitative estimate of drug-likeness (QED) is 0.0782. The summed E-state index contributed by atoms with van der Waals surface area (Å²) >= 11 is 0. The molecule has 1 aromatic heterocycles. The number of ketones is 1. The van der Waals surface area contributed by atoms with E-state index in [1.54, 1.807) is 0 Å². The van der Waals surface area contributed by atoms with Gasteiger partial charge in [0.05, 0.1) is 18.8 Å². The van der Waals surface area contributed by atoms with Crippen molar-refractivity contribution in [2.24, 2.45) is 0 Å². The fourth-order valence-corrected chi connectivity index (χ4v) is 3.62. The fourth-order valence-electron chi connectivity index (χ4n) is 3.62. The van der Waals surface area contributed by atoms with Crippen molar-refractivity contribution in [3.8, 4) is 11.3 Å². The number of rotatable bonds is 2. The number of pyridine rings is 1. The van der Waals surface area contributed by atoms with E-state index in [2.05, 4.69) is 83.8 Å². The van der Waals surface area contributed by atoms with Crippen LogP contribution in [0, 0.1) is 6.07 Å². The van der Waals surface area contributed by atoms with Crippen LogP contribution in [-0.2, 0) is 20.1 Å². The Bertz CT molecular complexity index is 1440. The Labute approximate surface area is 200 Å². The predicted octanol–water partition coefficient (Wildman–Crippen LogP) is 7.02. The van der Waals surface area contributed by atoms with E-state index in [-0.39, 0.29) is 31.6 Å². The van der Waals surface area contributed by atoms with Crippen molar-refractivity contribution in [3.05, 3.63) is 103 Å². The van der Waals surface area contributed by atoms with Gasteiger partial charge in [-0.15, -0.1) is 29.1 Å². The van der Waals surface area contributed by atoms with Crippen LogP contribution >= 0.6 is 0 Å². The van der Waals surface area contributed by atoms with Crippen LogP contribution in [0.15, 0.2) is 96.9 Å². The second-order valence-corrected chi connectivity index (χ2v) is 7.48. The molecule has 0 aliphatic carbocycles. The third-order valence-electron chi connectivity index (χ3n) is 5.00. The molecule has 3 nitrogen and oxygen atoms in total. The average Bonchev–Trinajstić information content (AvgIpc) is 2.78. The number of fused-ring (bicyclic) bond motifs is 4. The summed E-state index contributed by atoms with van der Waals surface area (Å²) < 4.78 is 0. The van der Waals surface area contributed by atoms with Crippen molar-refractivity contribution in [3.63, 3.8) is 0 Å². The van der Waals surface area contributed by atoms with E-state index < -0.39 is 0 Å². The van der Waals surface area contributed by atoms with E-state index in [9.17, 15) is 0 Å². The number of aliphatic hydroxyl groups is 1. The van der Waals surface area contributed by atoms with Gasteiger partial charge < -0.3 is 10.1 Å². The summed E-state index contributed by atoms with van der Waals surface area (Å²) in [6, 6.07) is 30.9. The molecule has 0 fully saturated rings. The molecule has 5 rings (SSSR count). The minimum absolute atomic E-state index is 0. The number of aromatic nitrogens is 1. The molecule has 4 aromatic carbocycles. The van der Waals surface area contributed by atoms with E-state index in [0.29, 0.717) is 0 Å². The van der Waals surface area contributed by atoms with E-state index in [4.69, 9.17) is 9.90 Å². The molecule has 0 aliphatic rings. The second kappa shape index (κ2) is 10.3. The molecule has 0 saturated heterocycles. The Morgan fingerprint density at radius 2 is 1.50 bits per heavy atom. The average molecular weight is 598 g/mol. The molecule has 0 bridgehead atoms. The number of aliphatic hydroxyl groups excluding tert-OH is 1. The number of carbonyl (C=O) groups excluding carboxylic acids is 1. The zero-order valence-corrected chi connectivity index (χ0v) is 20.2. The van der Waals surface area contributed by atoms with Gasteiger partial charge >= 0.3 is 5.78 Å². The summed E-state index contributed by atoms with van der Waals surface area (Å²) in [6.45, 7) is 3.00. The first-order valence-corrected chi connectivity index (χ1v) is 10.1. The summed E-state index contributed by atoms with van der Waals surface area (Å²) in [6.07, 6.45) is 3.24. The zero-order chi connectivity index (χ0) is 21.8. The van der Waals surface area contributed by atoms with Crippen LogP contribution in [-0.4, -0.2) is 20.7 Å². The first-order valence-electron chi connectivity index (χ1n) is 10.1. The summed E-state index contributed by atoms with van der Waals surface area (Å²) in [4.78, 5) is 13.1. The Morgan fingerprint density at radius 1 is 0.844 bits per heavy atom. The van der Waals surface area contributed by atoms with Crippen LogP contribution in [0.5, 0.6) is 0 Å². The van der Waals surface area contributed by atoms with E-state index >= 15 is 0 Å². The first kappa shape index (κ1) is 23.3. The number of nitrogens with zero attached hydrogens (tertiary/aromatic N) is 1. The monoisotopic (exact) mass is 598 g/mol. The normalized spacial score (nSPS) is 11.0. The van der Waals surface area contributed by atoms with Crippen LogP contribution in [0.4, 0.5) is 0 Å². The molecule has 0 atom stereocenters. The van der Waals surface area contributed by atoms with Gasteiger partial charge in [0.2, 0.25) is 0 Å². The van der Waals surface area contributed by atoms with Crippen molar-refractivity contribution < 1.29 is 30.0 Å². The van der Waals surface area contributed by atoms with Crippen LogP contribution in [0.3, 0.4) is 0 Å². The molecule has 4 heteroatoms. The van der Waals surface area contributed by atoms with Crippen molar-refractivity contribution in [1.82, 2.24) is 4.98 Å². The molecule has 0 amide bonds. The molecular formula is C28H23IrNO2. The topological polar surface area (TPSA) is 54.5 Å². The Morgan fingerprint density at radius 3 is 2.19 bits per heavy atom. The van der Waals surface area contributed by atoms with Crippen LogP contribution in [0.1, 0.15) is 13.8 Å². The van der Waals surface area contributed by atoms with Crippen molar-refractivity contribution in [2.45, 2.75) is 13.8 Å². The third kappa shape index (κ3) is 5.28. The van der Waals surface area contributed by atoms with Crippen molar-refractivity contribution in [2.75, 3.05) is 0 Å². The number of allylic oxidation sites excluding steroid dienone is 2. The minimum atomic E-state index is 0. The molecule has 1 radical (unpaired) electrons. The summed E-state index contributed by atoms with van der Waals surface area (Å²) in [5.41, 5.74) is 1.99. The molecule has 0 aliphatic heterocycles. The Kier molecular flexibility index (Phi) is 7.53. The Balaban J connectivity index is 0.000000318. The fraction of sp³-hybridized carbons (Fsp3) is 0.0714. The van der Waals surface area contributed by atoms with Crippen molar-refractivity contribution >= 4 is 38.1 Å². The van der Waals surface area contributed by atoms with Crippen LogP contribution in [0.2, 0.25) is 0 Å². The van der Waals surface area contributed by atoms with Gasteiger partial charge in [-0.2, -0.15) is 0 Å². The molecule has 1 heterocycles. The molecule has 32 heavy (non-hydrogen) atoms. The predicted molar refractivity (Wildman–Crippen MR) is 130 cm³/mol. The molecule has 2 N–H and O–H groups in total. The molecular weight excluding hydrogens is 575 g/mol. The second-order valence-electron chi connectivity index (χ2n) is 7.48. The number of hydrogen-bond acceptors (Lipinski definition) is 2. The smallest absolute Gasteiger partial charge is 0.316 e. The summed E-state index contributed by atoms with van der Waals surface area (Å²) in [7, 11) is 0. The van der Waals surface area contributed by atoms with Gasteiger partial charge in [-0.25, -0.2) is 0 Å². The third-order valence-corrected chi connectivity index (χ3v) is 5.00. The maximum Gasteiger partial charge on any atom is 0.316 e. The van der Waals surface area contributed by atoms with Crippen molar-refractivity contribution in [1.29, 1.82) is 0 Å². The van der Waals surface area contributed by atoms with Gasteiger partial charge in [-0.05, 0) is 34.2 Å². The largest absolute Gasteiger partial charge is 0.512 e. The molecule has 0 spiro atoms. The first-order chi connectivity index (χ1) is 15.0. The number of hydrogen-bond donors (Lipinski definition) is 1. The van der Waals surface area contributed by atoms with Gasteiger partial charge in [0.1, 0.15) is 0 Å². The standard InChI is InChI=1S/C23H14N.C5H8O2.Ir/c1-2-7-18-13-19(11-9-16(18)5-1)23-14-22-20(15-24-23)12-10-17-6-3-4-8-21(17)22;1-4(6)3-5(2)7;/h1-10,12-15H;3,6H,1-2H3;/q-1;;/p+1/b;4-3-;. The maximum absolute atomic E-state index is 8.40. The Hall–Kier alpha value is -3.33. The molecule has 5 aromatic rings. The van der Waals surface area contributed by atoms with Gasteiger partial charge in [0, 0.05) is 26.3 Å². The van der Waals surface area contributed by atoms with Crippen LogP contribution < -0.4 is 0 Å². The van der Waals surface area contributed by atoms with Gasteiger partial charge in [-0.3, -0.25) is 4.79 Å². The van der Waals surface area contributed by atoms with E-state index in [0.717, 1.165) is 11.3 Å². The molecule has 0 saturated carbocycles. The SMILES string of the molecule is CC(=[OH+])/C=C(/C)O.[Ir].[c-]1cc2ccccc2cc1-c1cc2c(ccc3ccccc32)cn1. The van der Waals surface area contributed by atoms with Gasteiger partial charge in [0.25, 0.3) is 0 Å². The van der Waals surface area contributed by atoms with E-state index in [1.165, 1.54) is 52.2 Å². The summed E-state index contributed by atoms with van der Waals surface area (Å²) in [5.74, 6) is 0.250. The van der Waals surface area contributed by atoms with Crippen LogP contribution in [0.25, 0.3) is 43.6 Å². The minimum Gasteiger partial charge on any atom is -0.512 e. The van der Waals surface area contributed by atoms with Gasteiger partial charge in [-0.1, -0.05) is 72.1 Å². The van der Waals surface area contributed by atoms with E-state index in [1.807, 2.05) is 12.3 Å². The summed E-state index contributed by atoms with van der Waals surface area (Å²) in [5, 5.41) is 15.7. The maximum atomic E-state index is 8.40.